The van der Waals surface area contributed by atoms with E-state index < -0.39 is 15.9 Å². The number of halogens is 1. The number of nitrogens with one attached hydrogen (secondary N) is 2. The van der Waals surface area contributed by atoms with Crippen molar-refractivity contribution in [2.45, 2.75) is 17.7 Å². The Kier molecular flexibility index (Phi) is 7.99. The molecule has 2 N–H and O–H groups in total. The summed E-state index contributed by atoms with van der Waals surface area (Å²) in [6.45, 7) is 1.48. The Morgan fingerprint density at radius 1 is 0.919 bits per heavy atom. The van der Waals surface area contributed by atoms with Crippen molar-refractivity contribution in [2.75, 3.05) is 49.4 Å². The molecule has 11 heteroatoms. The molecule has 1 fully saturated rings. The lowest BCUT2D eigenvalue weighted by Gasteiger charge is -2.22. The topological polar surface area (TPSA) is 106 Å². The molecule has 1 aliphatic rings. The van der Waals surface area contributed by atoms with Crippen molar-refractivity contribution in [1.29, 1.82) is 0 Å². The first-order valence-corrected chi connectivity index (χ1v) is 13.4. The molecule has 0 saturated carbocycles. The molecule has 0 bridgehead atoms. The lowest BCUT2D eigenvalue weighted by atomic mass is 10.1. The van der Waals surface area contributed by atoms with Crippen LogP contribution in [0.1, 0.15) is 23.2 Å². The fraction of sp³-hybridized carbons (Fsp3) is 0.269. The highest BCUT2D eigenvalue weighted by molar-refractivity contribution is 7.93. The zero-order valence-electron chi connectivity index (χ0n) is 20.7. The molecule has 1 heterocycles. The van der Waals surface area contributed by atoms with Crippen LogP contribution in [0.15, 0.2) is 59.5 Å². The normalized spacial score (nSPS) is 13.2. The molecular weight excluding hydrogens is 518 g/mol. The van der Waals surface area contributed by atoms with Gasteiger partial charge in [0.15, 0.2) is 11.5 Å². The summed E-state index contributed by atoms with van der Waals surface area (Å²) in [4.78, 5) is 15.2. The molecule has 0 radical (unpaired) electrons. The second-order valence-corrected chi connectivity index (χ2v) is 10.4. The Morgan fingerprint density at radius 3 is 2.16 bits per heavy atom. The first kappa shape index (κ1) is 26.4. The number of anilines is 3. The van der Waals surface area contributed by atoms with Gasteiger partial charge in [-0.15, -0.1) is 0 Å². The number of benzene rings is 3. The molecule has 1 amide bonds. The zero-order chi connectivity index (χ0) is 26.6. The predicted octanol–water partition coefficient (Wildman–Crippen LogP) is 5.02. The summed E-state index contributed by atoms with van der Waals surface area (Å²) in [7, 11) is 0.347. The third kappa shape index (κ3) is 5.70. The van der Waals surface area contributed by atoms with Crippen molar-refractivity contribution < 1.29 is 27.4 Å². The van der Waals surface area contributed by atoms with Crippen LogP contribution in [0, 0.1) is 0 Å². The smallest absolute Gasteiger partial charge is 0.264 e. The highest BCUT2D eigenvalue weighted by Crippen LogP contribution is 2.39. The summed E-state index contributed by atoms with van der Waals surface area (Å²) >= 11 is 6.20. The Hall–Kier alpha value is -3.63. The highest BCUT2D eigenvalue weighted by Gasteiger charge is 2.26. The monoisotopic (exact) mass is 545 g/mol. The summed E-state index contributed by atoms with van der Waals surface area (Å²) in [6.07, 6.45) is 1.94. The third-order valence-electron chi connectivity index (χ3n) is 6.00. The van der Waals surface area contributed by atoms with Gasteiger partial charge in [-0.1, -0.05) is 23.7 Å². The van der Waals surface area contributed by atoms with Crippen LogP contribution in [-0.2, 0) is 10.0 Å². The maximum absolute atomic E-state index is 13.5. The number of carbonyl (C=O) groups is 1. The summed E-state index contributed by atoms with van der Waals surface area (Å²) in [5.41, 5.74) is 1.38. The molecule has 0 spiro atoms. The van der Waals surface area contributed by atoms with Gasteiger partial charge in [0, 0.05) is 24.3 Å². The second-order valence-electron chi connectivity index (χ2n) is 8.33. The summed E-state index contributed by atoms with van der Waals surface area (Å²) in [6, 6.07) is 14.5. The number of methoxy groups -OCH3 is 3. The van der Waals surface area contributed by atoms with E-state index >= 15 is 0 Å². The van der Waals surface area contributed by atoms with Crippen molar-refractivity contribution >= 4 is 44.6 Å². The van der Waals surface area contributed by atoms with Gasteiger partial charge in [0.05, 0.1) is 37.7 Å². The first-order chi connectivity index (χ1) is 17.8. The second kappa shape index (κ2) is 11.2. The Balaban J connectivity index is 1.70. The van der Waals surface area contributed by atoms with Gasteiger partial charge >= 0.3 is 0 Å². The maximum atomic E-state index is 13.5. The largest absolute Gasteiger partial charge is 0.493 e. The van der Waals surface area contributed by atoms with Crippen LogP contribution in [0.4, 0.5) is 17.1 Å². The number of amides is 1. The van der Waals surface area contributed by atoms with Crippen LogP contribution in [0.2, 0.25) is 5.02 Å². The molecular formula is C26H28ClN3O6S. The van der Waals surface area contributed by atoms with E-state index in [0.29, 0.717) is 28.6 Å². The van der Waals surface area contributed by atoms with Gasteiger partial charge in [0.25, 0.3) is 15.9 Å². The molecule has 3 aromatic rings. The molecule has 0 unspecified atom stereocenters. The Morgan fingerprint density at radius 2 is 1.57 bits per heavy atom. The van der Waals surface area contributed by atoms with E-state index in [-0.39, 0.29) is 21.2 Å². The summed E-state index contributed by atoms with van der Waals surface area (Å²) in [5, 5.41) is 3.05. The fourth-order valence-corrected chi connectivity index (χ4v) is 5.76. The van der Waals surface area contributed by atoms with Gasteiger partial charge in [-0.05, 0) is 55.3 Å². The van der Waals surface area contributed by atoms with Crippen molar-refractivity contribution in [3.05, 3.63) is 65.2 Å². The fourth-order valence-electron chi connectivity index (χ4n) is 4.19. The summed E-state index contributed by atoms with van der Waals surface area (Å²) in [5.74, 6) is 0.526. The molecule has 9 nitrogen and oxygen atoms in total. The van der Waals surface area contributed by atoms with Crippen molar-refractivity contribution in [3.8, 4) is 17.2 Å². The van der Waals surface area contributed by atoms with Crippen LogP contribution in [0.5, 0.6) is 17.2 Å². The zero-order valence-corrected chi connectivity index (χ0v) is 22.3. The van der Waals surface area contributed by atoms with Crippen LogP contribution in [0.3, 0.4) is 0 Å². The lowest BCUT2D eigenvalue weighted by molar-refractivity contribution is 0.102. The van der Waals surface area contributed by atoms with E-state index in [2.05, 4.69) is 10.0 Å². The third-order valence-corrected chi connectivity index (χ3v) is 7.72. The molecule has 196 valence electrons. The van der Waals surface area contributed by atoms with Gasteiger partial charge in [-0.3, -0.25) is 9.52 Å². The van der Waals surface area contributed by atoms with Gasteiger partial charge in [0.1, 0.15) is 4.90 Å². The minimum Gasteiger partial charge on any atom is -0.493 e. The molecule has 1 aliphatic heterocycles. The predicted molar refractivity (Wildman–Crippen MR) is 144 cm³/mol. The van der Waals surface area contributed by atoms with E-state index in [9.17, 15) is 13.2 Å². The van der Waals surface area contributed by atoms with Crippen LogP contribution < -0.4 is 29.1 Å². The minimum atomic E-state index is -4.04. The minimum absolute atomic E-state index is 0.0389. The van der Waals surface area contributed by atoms with Crippen LogP contribution >= 0.6 is 11.6 Å². The van der Waals surface area contributed by atoms with Gasteiger partial charge in [-0.2, -0.15) is 0 Å². The van der Waals surface area contributed by atoms with E-state index in [1.165, 1.54) is 39.5 Å². The molecule has 0 aliphatic carbocycles. The Labute approximate surface area is 221 Å². The number of rotatable bonds is 9. The number of hydrogen-bond donors (Lipinski definition) is 2. The lowest BCUT2D eigenvalue weighted by Crippen LogP contribution is -2.23. The molecule has 4 rings (SSSR count). The average molecular weight is 546 g/mol. The van der Waals surface area contributed by atoms with E-state index in [1.807, 2.05) is 4.90 Å². The maximum Gasteiger partial charge on any atom is 0.264 e. The molecule has 0 atom stereocenters. The quantitative estimate of drug-likeness (QED) is 0.389. The number of nitrogens with zero attached hydrogens (tertiary/aromatic N) is 1. The van der Waals surface area contributed by atoms with Gasteiger partial charge < -0.3 is 24.4 Å². The number of para-hydroxylation sites is 1. The standard InChI is InChI=1S/C26H28ClN3O6S/c1-34-22-14-17(15-23(35-2)25(22)36-3)26(31)28-18-10-11-21(30-12-6-7-13-30)24(16-18)37(32,33)29-20-9-5-4-8-19(20)27/h4-5,8-11,14-16,29H,6-7,12-13H2,1-3H3,(H,28,31). The number of sulfonamides is 1. The first-order valence-electron chi connectivity index (χ1n) is 11.5. The number of carbonyl (C=O) groups excluding carboxylic acids is 1. The SMILES string of the molecule is COc1cc(C(=O)Nc2ccc(N3CCCC3)c(S(=O)(=O)Nc3ccccc3Cl)c2)cc(OC)c1OC. The van der Waals surface area contributed by atoms with Crippen molar-refractivity contribution in [2.24, 2.45) is 0 Å². The van der Waals surface area contributed by atoms with Crippen molar-refractivity contribution in [1.82, 2.24) is 0 Å². The highest BCUT2D eigenvalue weighted by atomic mass is 35.5. The van der Waals surface area contributed by atoms with Crippen LogP contribution in [-0.4, -0.2) is 48.7 Å². The number of ether oxygens (including phenoxy) is 3. The number of hydrogen-bond acceptors (Lipinski definition) is 7. The van der Waals surface area contributed by atoms with Gasteiger partial charge in [-0.25, -0.2) is 8.42 Å². The van der Waals surface area contributed by atoms with E-state index in [4.69, 9.17) is 25.8 Å². The van der Waals surface area contributed by atoms with E-state index in [1.54, 1.807) is 36.4 Å². The van der Waals surface area contributed by atoms with E-state index in [0.717, 1.165) is 25.9 Å². The van der Waals surface area contributed by atoms with Gasteiger partial charge in [0.2, 0.25) is 5.75 Å². The molecule has 37 heavy (non-hydrogen) atoms. The molecule has 1 saturated heterocycles. The van der Waals surface area contributed by atoms with Crippen molar-refractivity contribution in [3.63, 3.8) is 0 Å². The molecule has 0 aromatic heterocycles. The molecule has 3 aromatic carbocycles. The van der Waals surface area contributed by atoms with Crippen LogP contribution in [0.25, 0.3) is 0 Å². The Bertz CT molecular complexity index is 1380. The summed E-state index contributed by atoms with van der Waals surface area (Å²) < 4.78 is 45.6. The average Bonchev–Trinajstić information content (AvgIpc) is 3.44.